The largest absolute Gasteiger partial charge is 0.344 e. The molecule has 1 saturated heterocycles. The lowest BCUT2D eigenvalue weighted by molar-refractivity contribution is -0.125. The van der Waals surface area contributed by atoms with Gasteiger partial charge in [0.25, 0.3) is 5.91 Å². The van der Waals surface area contributed by atoms with Crippen LogP contribution < -0.4 is 16.2 Å². The normalized spacial score (nSPS) is 18.3. The Hall–Kier alpha value is -1.46. The molecule has 5 nitrogen and oxygen atoms in total. The van der Waals surface area contributed by atoms with Gasteiger partial charge in [-0.3, -0.25) is 20.4 Å². The van der Waals surface area contributed by atoms with Crippen molar-refractivity contribution in [3.05, 3.63) is 28.2 Å². The zero-order valence-corrected chi connectivity index (χ0v) is 10.8. The number of hydrazine groups is 1. The minimum absolute atomic E-state index is 0.111. The maximum atomic E-state index is 11.7. The summed E-state index contributed by atoms with van der Waals surface area (Å²) in [4.78, 5) is 22.7. The predicted octanol–water partition coefficient (Wildman–Crippen LogP) is 1.72. The summed E-state index contributed by atoms with van der Waals surface area (Å²) in [5, 5.41) is 3.48. The third-order valence-electron chi connectivity index (χ3n) is 2.56. The number of hydrogen-bond acceptors (Lipinski definition) is 3. The highest BCUT2D eigenvalue weighted by atomic mass is 35.5. The first-order valence-electron chi connectivity index (χ1n) is 5.36. The summed E-state index contributed by atoms with van der Waals surface area (Å²) in [6, 6.07) is 4.38. The summed E-state index contributed by atoms with van der Waals surface area (Å²) in [6.45, 7) is 0. The van der Waals surface area contributed by atoms with Gasteiger partial charge in [-0.25, -0.2) is 0 Å². The second-order valence-corrected chi connectivity index (χ2v) is 4.74. The van der Waals surface area contributed by atoms with Gasteiger partial charge in [0.05, 0.1) is 10.7 Å². The molecule has 18 heavy (non-hydrogen) atoms. The highest BCUT2D eigenvalue weighted by Crippen LogP contribution is 2.24. The minimum atomic E-state index is -0.490. The monoisotopic (exact) mass is 287 g/mol. The van der Waals surface area contributed by atoms with Crippen molar-refractivity contribution in [1.82, 2.24) is 10.7 Å². The maximum absolute atomic E-state index is 11.7. The van der Waals surface area contributed by atoms with Gasteiger partial charge in [-0.15, -0.1) is 0 Å². The number of halogens is 2. The first kappa shape index (κ1) is 13.0. The summed E-state index contributed by atoms with van der Waals surface area (Å²) in [7, 11) is 0. The zero-order chi connectivity index (χ0) is 13.1. The van der Waals surface area contributed by atoms with Crippen molar-refractivity contribution in [3.8, 4) is 0 Å². The fourth-order valence-electron chi connectivity index (χ4n) is 1.62. The number of benzene rings is 1. The topological polar surface area (TPSA) is 70.2 Å². The van der Waals surface area contributed by atoms with E-state index in [-0.39, 0.29) is 11.8 Å². The molecule has 1 fully saturated rings. The van der Waals surface area contributed by atoms with Crippen LogP contribution in [0.15, 0.2) is 18.2 Å². The van der Waals surface area contributed by atoms with E-state index >= 15 is 0 Å². The van der Waals surface area contributed by atoms with Gasteiger partial charge in [-0.05, 0) is 24.6 Å². The van der Waals surface area contributed by atoms with Crippen molar-refractivity contribution >= 4 is 40.7 Å². The third-order valence-corrected chi connectivity index (χ3v) is 3.11. The van der Waals surface area contributed by atoms with Crippen LogP contribution in [0.2, 0.25) is 10.0 Å². The van der Waals surface area contributed by atoms with Crippen LogP contribution in [0.1, 0.15) is 12.8 Å². The molecule has 0 spiro atoms. The van der Waals surface area contributed by atoms with E-state index in [1.54, 1.807) is 18.2 Å². The lowest BCUT2D eigenvalue weighted by atomic mass is 10.2. The molecule has 1 atom stereocenters. The van der Waals surface area contributed by atoms with Crippen molar-refractivity contribution in [3.63, 3.8) is 0 Å². The molecule has 0 radical (unpaired) electrons. The maximum Gasteiger partial charge on any atom is 0.260 e. The number of nitrogens with one attached hydrogen (secondary N) is 3. The van der Waals surface area contributed by atoms with Gasteiger partial charge in [-0.1, -0.05) is 23.2 Å². The van der Waals surface area contributed by atoms with Gasteiger partial charge in [0.2, 0.25) is 5.91 Å². The predicted molar refractivity (Wildman–Crippen MR) is 69.4 cm³/mol. The van der Waals surface area contributed by atoms with Gasteiger partial charge >= 0.3 is 0 Å². The first-order valence-corrected chi connectivity index (χ1v) is 6.12. The van der Waals surface area contributed by atoms with Crippen LogP contribution in [0.5, 0.6) is 0 Å². The van der Waals surface area contributed by atoms with Crippen molar-refractivity contribution in [1.29, 1.82) is 0 Å². The summed E-state index contributed by atoms with van der Waals surface area (Å²) in [5.74, 6) is -0.411. The molecule has 1 heterocycles. The van der Waals surface area contributed by atoms with Crippen LogP contribution in [-0.4, -0.2) is 17.9 Å². The molecule has 2 amide bonds. The smallest absolute Gasteiger partial charge is 0.260 e. The van der Waals surface area contributed by atoms with Crippen LogP contribution >= 0.6 is 23.2 Å². The number of rotatable bonds is 3. The Morgan fingerprint density at radius 1 is 1.39 bits per heavy atom. The average Bonchev–Trinajstić information content (AvgIpc) is 2.74. The Morgan fingerprint density at radius 2 is 2.17 bits per heavy atom. The molecule has 0 saturated carbocycles. The molecule has 1 aliphatic heterocycles. The minimum Gasteiger partial charge on any atom is -0.344 e. The SMILES string of the molecule is O=C1CCC(C(=O)NNc2ccc(Cl)cc2Cl)N1. The first-order chi connectivity index (χ1) is 8.56. The third kappa shape index (κ3) is 3.05. The average molecular weight is 288 g/mol. The molecule has 1 aromatic carbocycles. The fourth-order valence-corrected chi connectivity index (χ4v) is 2.07. The number of hydrogen-bond donors (Lipinski definition) is 3. The Bertz CT molecular complexity index is 493. The summed E-state index contributed by atoms with van der Waals surface area (Å²) >= 11 is 11.7. The lowest BCUT2D eigenvalue weighted by Gasteiger charge is -2.13. The molecular weight excluding hydrogens is 277 g/mol. The molecular formula is C11H11Cl2N3O2. The van der Waals surface area contributed by atoms with Crippen molar-refractivity contribution in [2.75, 3.05) is 5.43 Å². The van der Waals surface area contributed by atoms with E-state index in [2.05, 4.69) is 16.2 Å². The van der Waals surface area contributed by atoms with Crippen molar-refractivity contribution in [2.24, 2.45) is 0 Å². The van der Waals surface area contributed by atoms with Gasteiger partial charge < -0.3 is 5.32 Å². The van der Waals surface area contributed by atoms with Gasteiger partial charge in [0.15, 0.2) is 0 Å². The quantitative estimate of drug-likeness (QED) is 0.742. The molecule has 3 N–H and O–H groups in total. The number of amides is 2. The van der Waals surface area contributed by atoms with Crippen LogP contribution in [0, 0.1) is 0 Å². The highest BCUT2D eigenvalue weighted by Gasteiger charge is 2.26. The van der Waals surface area contributed by atoms with E-state index in [0.29, 0.717) is 28.6 Å². The van der Waals surface area contributed by atoms with E-state index in [1.165, 1.54) is 0 Å². The zero-order valence-electron chi connectivity index (χ0n) is 9.30. The number of anilines is 1. The standard InChI is InChI=1S/C11H11Cl2N3O2/c12-6-1-2-8(7(13)5-6)15-16-11(18)9-3-4-10(17)14-9/h1-2,5,9,15H,3-4H2,(H,14,17)(H,16,18). The van der Waals surface area contributed by atoms with E-state index in [1.807, 2.05) is 0 Å². The van der Waals surface area contributed by atoms with E-state index in [9.17, 15) is 9.59 Å². The molecule has 0 aromatic heterocycles. The van der Waals surface area contributed by atoms with Crippen LogP contribution in [0.4, 0.5) is 5.69 Å². The summed E-state index contributed by atoms with van der Waals surface area (Å²) in [6.07, 6.45) is 0.875. The second kappa shape index (κ2) is 5.46. The van der Waals surface area contributed by atoms with Crippen molar-refractivity contribution < 1.29 is 9.59 Å². The van der Waals surface area contributed by atoms with E-state index in [4.69, 9.17) is 23.2 Å². The molecule has 1 aliphatic rings. The fraction of sp³-hybridized carbons (Fsp3) is 0.273. The molecule has 1 unspecified atom stereocenters. The van der Waals surface area contributed by atoms with Crippen LogP contribution in [0.3, 0.4) is 0 Å². The Labute approximate surface area is 114 Å². The summed E-state index contributed by atoms with van der Waals surface area (Å²) in [5.41, 5.74) is 5.72. The van der Waals surface area contributed by atoms with E-state index < -0.39 is 6.04 Å². The molecule has 96 valence electrons. The van der Waals surface area contributed by atoms with Gasteiger partial charge in [0.1, 0.15) is 6.04 Å². The summed E-state index contributed by atoms with van der Waals surface area (Å²) < 4.78 is 0. The molecule has 1 aromatic rings. The number of carbonyl (C=O) groups is 2. The Morgan fingerprint density at radius 3 is 2.78 bits per heavy atom. The molecule has 7 heteroatoms. The van der Waals surface area contributed by atoms with Gasteiger partial charge in [0, 0.05) is 11.4 Å². The van der Waals surface area contributed by atoms with Crippen LogP contribution in [0.25, 0.3) is 0 Å². The molecule has 0 aliphatic carbocycles. The highest BCUT2D eigenvalue weighted by molar-refractivity contribution is 6.36. The molecule has 0 bridgehead atoms. The number of carbonyl (C=O) groups excluding carboxylic acids is 2. The Balaban J connectivity index is 1.91. The van der Waals surface area contributed by atoms with Crippen molar-refractivity contribution in [2.45, 2.75) is 18.9 Å². The molecule has 2 rings (SSSR count). The van der Waals surface area contributed by atoms with Gasteiger partial charge in [-0.2, -0.15) is 0 Å². The van der Waals surface area contributed by atoms with Crippen LogP contribution in [-0.2, 0) is 9.59 Å². The second-order valence-electron chi connectivity index (χ2n) is 3.90. The Kier molecular flexibility index (Phi) is 3.93. The van der Waals surface area contributed by atoms with E-state index in [0.717, 1.165) is 0 Å². The lowest BCUT2D eigenvalue weighted by Crippen LogP contribution is -2.43.